The first-order valence-corrected chi connectivity index (χ1v) is 9.96. The highest BCUT2D eigenvalue weighted by molar-refractivity contribution is 5.96. The van der Waals surface area contributed by atoms with Gasteiger partial charge in [0, 0.05) is 6.92 Å². The van der Waals surface area contributed by atoms with Crippen molar-refractivity contribution in [1.29, 1.82) is 0 Å². The largest absolute Gasteiger partial charge is 0.481 e. The Hall–Kier alpha value is -1.96. The lowest BCUT2D eigenvalue weighted by molar-refractivity contribution is -0.210. The third kappa shape index (κ3) is 5.77. The Morgan fingerprint density at radius 1 is 0.893 bits per heavy atom. The fraction of sp³-hybridized carbons (Fsp3) is 0.800. The number of rotatable bonds is 14. The molecule has 0 saturated carbocycles. The van der Waals surface area contributed by atoms with Gasteiger partial charge in [0.25, 0.3) is 0 Å². The van der Waals surface area contributed by atoms with Crippen LogP contribution < -0.4 is 0 Å². The molecular weight excluding hydrogens is 368 g/mol. The summed E-state index contributed by atoms with van der Waals surface area (Å²) in [6.07, 6.45) is 2.58. The van der Waals surface area contributed by atoms with Gasteiger partial charge in [-0.05, 0) is 19.3 Å². The molecule has 0 saturated heterocycles. The average molecular weight is 402 g/mol. The van der Waals surface area contributed by atoms with E-state index in [9.17, 15) is 34.5 Å². The lowest BCUT2D eigenvalue weighted by atomic mass is 9.59. The molecule has 0 bridgehead atoms. The minimum Gasteiger partial charge on any atom is -0.481 e. The van der Waals surface area contributed by atoms with E-state index in [0.29, 0.717) is 38.5 Å². The lowest BCUT2D eigenvalue weighted by Crippen LogP contribution is -2.64. The van der Waals surface area contributed by atoms with Crippen molar-refractivity contribution in [3.05, 3.63) is 0 Å². The summed E-state index contributed by atoms with van der Waals surface area (Å²) in [5.41, 5.74) is -4.93. The van der Waals surface area contributed by atoms with Gasteiger partial charge in [-0.2, -0.15) is 0 Å². The summed E-state index contributed by atoms with van der Waals surface area (Å²) >= 11 is 0. The van der Waals surface area contributed by atoms with Crippen molar-refractivity contribution in [2.75, 3.05) is 0 Å². The first kappa shape index (κ1) is 26.0. The fourth-order valence-corrected chi connectivity index (χ4v) is 3.66. The predicted octanol–water partition coefficient (Wildman–Crippen LogP) is 3.15. The van der Waals surface area contributed by atoms with E-state index in [2.05, 4.69) is 0 Å². The van der Waals surface area contributed by atoms with Crippen LogP contribution in [0.15, 0.2) is 0 Å². The second kappa shape index (κ2) is 11.8. The van der Waals surface area contributed by atoms with E-state index < -0.39 is 40.8 Å². The number of aliphatic hydroxyl groups is 1. The highest BCUT2D eigenvalue weighted by Crippen LogP contribution is 2.48. The number of carboxylic acid groups (broad SMARTS) is 2. The molecule has 0 aliphatic rings. The van der Waals surface area contributed by atoms with Gasteiger partial charge in [0.15, 0.2) is 5.60 Å². The van der Waals surface area contributed by atoms with Crippen molar-refractivity contribution < 1.29 is 39.2 Å². The number of carbonyl (C=O) groups excluding carboxylic acids is 2. The SMILES string of the molecule is CCCCC(C(=O)O)C(O)(C(=O)O)C(CCCC)(CCCC)C(=O)OC(C)=O. The van der Waals surface area contributed by atoms with Crippen molar-refractivity contribution in [1.82, 2.24) is 0 Å². The number of carboxylic acids is 2. The number of hydrogen-bond acceptors (Lipinski definition) is 6. The molecule has 0 aliphatic carbocycles. The Labute approximate surface area is 166 Å². The summed E-state index contributed by atoms with van der Waals surface area (Å²) in [6.45, 7) is 6.47. The van der Waals surface area contributed by atoms with Crippen LogP contribution in [-0.2, 0) is 23.9 Å². The first-order valence-electron chi connectivity index (χ1n) is 9.96. The van der Waals surface area contributed by atoms with E-state index in [4.69, 9.17) is 4.74 Å². The van der Waals surface area contributed by atoms with Crippen LogP contribution in [0.1, 0.15) is 85.5 Å². The summed E-state index contributed by atoms with van der Waals surface area (Å²) in [4.78, 5) is 48.7. The number of hydrogen-bond donors (Lipinski definition) is 3. The molecule has 2 atom stereocenters. The zero-order chi connectivity index (χ0) is 22.0. The monoisotopic (exact) mass is 402 g/mol. The molecule has 0 aromatic heterocycles. The van der Waals surface area contributed by atoms with Gasteiger partial charge in [-0.15, -0.1) is 0 Å². The third-order valence-corrected chi connectivity index (χ3v) is 5.25. The molecule has 0 fully saturated rings. The van der Waals surface area contributed by atoms with Crippen LogP contribution in [0.4, 0.5) is 0 Å². The summed E-state index contributed by atoms with van der Waals surface area (Å²) in [6, 6.07) is 0. The van der Waals surface area contributed by atoms with E-state index in [1.807, 2.05) is 20.8 Å². The molecule has 0 radical (unpaired) electrons. The van der Waals surface area contributed by atoms with Crippen LogP contribution in [0.25, 0.3) is 0 Å². The van der Waals surface area contributed by atoms with Gasteiger partial charge in [0.05, 0.1) is 5.92 Å². The van der Waals surface area contributed by atoms with Crippen LogP contribution in [-0.4, -0.2) is 44.8 Å². The Morgan fingerprint density at radius 2 is 1.36 bits per heavy atom. The number of esters is 2. The lowest BCUT2D eigenvalue weighted by Gasteiger charge is -2.45. The second-order valence-corrected chi connectivity index (χ2v) is 7.27. The van der Waals surface area contributed by atoms with Crippen molar-refractivity contribution >= 4 is 23.9 Å². The van der Waals surface area contributed by atoms with Crippen LogP contribution in [0.3, 0.4) is 0 Å². The van der Waals surface area contributed by atoms with Gasteiger partial charge in [0.1, 0.15) is 5.41 Å². The Kier molecular flexibility index (Phi) is 11.0. The summed E-state index contributed by atoms with van der Waals surface area (Å²) in [7, 11) is 0. The molecule has 8 heteroatoms. The maximum Gasteiger partial charge on any atom is 0.337 e. The van der Waals surface area contributed by atoms with E-state index in [1.54, 1.807) is 0 Å². The van der Waals surface area contributed by atoms with Crippen molar-refractivity contribution in [3.8, 4) is 0 Å². The van der Waals surface area contributed by atoms with Crippen molar-refractivity contribution in [2.45, 2.75) is 91.1 Å². The number of aliphatic carboxylic acids is 2. The van der Waals surface area contributed by atoms with Gasteiger partial charge in [-0.25, -0.2) is 4.79 Å². The van der Waals surface area contributed by atoms with E-state index in [0.717, 1.165) is 6.92 Å². The first-order chi connectivity index (χ1) is 13.0. The van der Waals surface area contributed by atoms with Crippen molar-refractivity contribution in [3.63, 3.8) is 0 Å². The topological polar surface area (TPSA) is 138 Å². The highest BCUT2D eigenvalue weighted by atomic mass is 16.6. The number of unbranched alkanes of at least 4 members (excludes halogenated alkanes) is 3. The summed E-state index contributed by atoms with van der Waals surface area (Å²) in [5, 5.41) is 31.1. The molecule has 28 heavy (non-hydrogen) atoms. The Morgan fingerprint density at radius 3 is 1.68 bits per heavy atom. The van der Waals surface area contributed by atoms with Crippen LogP contribution in [0.2, 0.25) is 0 Å². The average Bonchev–Trinajstić information content (AvgIpc) is 2.61. The fourth-order valence-electron chi connectivity index (χ4n) is 3.66. The zero-order valence-electron chi connectivity index (χ0n) is 17.3. The minimum absolute atomic E-state index is 0.0890. The van der Waals surface area contributed by atoms with Gasteiger partial charge in [-0.3, -0.25) is 14.4 Å². The standard InChI is InChI=1S/C20H34O8/c1-5-8-11-15(16(22)23)20(27,17(24)25)19(12-9-6-2,13-10-7-3)18(26)28-14(4)21/h15,27H,5-13H2,1-4H3,(H,22,23)(H,24,25). The Bertz CT molecular complexity index is 548. The van der Waals surface area contributed by atoms with E-state index in [1.165, 1.54) is 0 Å². The number of ether oxygens (including phenoxy) is 1. The van der Waals surface area contributed by atoms with E-state index >= 15 is 0 Å². The molecular formula is C20H34O8. The predicted molar refractivity (Wildman–Crippen MR) is 101 cm³/mol. The third-order valence-electron chi connectivity index (χ3n) is 5.25. The van der Waals surface area contributed by atoms with Crippen LogP contribution in [0, 0.1) is 11.3 Å². The maximum atomic E-state index is 13.0. The van der Waals surface area contributed by atoms with Gasteiger partial charge < -0.3 is 20.1 Å². The zero-order valence-corrected chi connectivity index (χ0v) is 17.3. The molecule has 162 valence electrons. The smallest absolute Gasteiger partial charge is 0.337 e. The minimum atomic E-state index is -2.90. The van der Waals surface area contributed by atoms with Gasteiger partial charge >= 0.3 is 23.9 Å². The highest BCUT2D eigenvalue weighted by Gasteiger charge is 2.66. The molecule has 0 amide bonds. The summed E-state index contributed by atoms with van der Waals surface area (Å²) < 4.78 is 4.75. The van der Waals surface area contributed by atoms with Gasteiger partial charge in [0.2, 0.25) is 0 Å². The molecule has 8 nitrogen and oxygen atoms in total. The normalized spacial score (nSPS) is 14.8. The molecule has 0 aliphatic heterocycles. The second-order valence-electron chi connectivity index (χ2n) is 7.27. The molecule has 2 unspecified atom stereocenters. The van der Waals surface area contributed by atoms with E-state index in [-0.39, 0.29) is 19.3 Å². The molecule has 3 N–H and O–H groups in total. The maximum absolute atomic E-state index is 13.0. The van der Waals surface area contributed by atoms with Crippen LogP contribution >= 0.6 is 0 Å². The van der Waals surface area contributed by atoms with Gasteiger partial charge in [-0.1, -0.05) is 59.3 Å². The van der Waals surface area contributed by atoms with Crippen LogP contribution in [0.5, 0.6) is 0 Å². The molecule has 0 aromatic rings. The molecule has 0 aromatic carbocycles. The van der Waals surface area contributed by atoms with Crippen molar-refractivity contribution in [2.24, 2.45) is 11.3 Å². The Balaban J connectivity index is 6.70. The molecule has 0 heterocycles. The number of carbonyl (C=O) groups is 4. The molecule has 0 rings (SSSR count). The summed E-state index contributed by atoms with van der Waals surface area (Å²) in [5.74, 6) is -7.10. The quantitative estimate of drug-likeness (QED) is 0.297. The molecule has 0 spiro atoms.